The van der Waals surface area contributed by atoms with Crippen LogP contribution in [0.15, 0.2) is 27.2 Å². The molecule has 0 N–H and O–H groups in total. The van der Waals surface area contributed by atoms with Gasteiger partial charge < -0.3 is 0 Å². The summed E-state index contributed by atoms with van der Waals surface area (Å²) in [4.78, 5) is 0. The molecule has 0 spiro atoms. The molecule has 0 unspecified atom stereocenters. The van der Waals surface area contributed by atoms with Crippen LogP contribution in [0, 0.1) is 6.92 Å². The average molecular weight is 290 g/mol. The minimum absolute atomic E-state index is 1.28. The van der Waals surface area contributed by atoms with Crippen LogP contribution in [0.1, 0.15) is 11.1 Å². The lowest BCUT2D eigenvalue weighted by Gasteiger charge is -1.96. The van der Waals surface area contributed by atoms with E-state index in [0.29, 0.717) is 0 Å². The van der Waals surface area contributed by atoms with Gasteiger partial charge in [0.1, 0.15) is 0 Å². The molecule has 0 atom stereocenters. The molecule has 1 aromatic rings. The molecule has 0 aromatic heterocycles. The van der Waals surface area contributed by atoms with Crippen molar-refractivity contribution in [3.8, 4) is 0 Å². The van der Waals surface area contributed by atoms with E-state index in [1.165, 1.54) is 14.0 Å². The lowest BCUT2D eigenvalue weighted by molar-refractivity contribution is 1.46. The fourth-order valence-electron chi connectivity index (χ4n) is 0.853. The SMILES string of the molecule is CSC(I)=Cc1ccc(C)cc1. The number of halogens is 1. The van der Waals surface area contributed by atoms with Gasteiger partial charge in [-0.1, -0.05) is 29.8 Å². The molecule has 0 aliphatic carbocycles. The molecule has 2 heteroatoms. The monoisotopic (exact) mass is 290 g/mol. The summed E-state index contributed by atoms with van der Waals surface area (Å²) in [6.07, 6.45) is 4.27. The number of hydrogen-bond acceptors (Lipinski definition) is 1. The lowest BCUT2D eigenvalue weighted by atomic mass is 10.2. The summed E-state index contributed by atoms with van der Waals surface area (Å²) in [5, 5.41) is 0. The quantitative estimate of drug-likeness (QED) is 0.739. The van der Waals surface area contributed by atoms with Gasteiger partial charge in [0.25, 0.3) is 0 Å². The van der Waals surface area contributed by atoms with E-state index in [1.54, 1.807) is 11.8 Å². The second-order valence-corrected chi connectivity index (χ2v) is 5.31. The van der Waals surface area contributed by atoms with Gasteiger partial charge in [-0.05, 0) is 47.4 Å². The molecule has 1 aromatic carbocycles. The number of benzene rings is 1. The van der Waals surface area contributed by atoms with Gasteiger partial charge in [-0.2, -0.15) is 0 Å². The zero-order valence-electron chi connectivity index (χ0n) is 7.17. The lowest BCUT2D eigenvalue weighted by Crippen LogP contribution is -1.73. The van der Waals surface area contributed by atoms with Gasteiger partial charge >= 0.3 is 0 Å². The third kappa shape index (κ3) is 3.19. The van der Waals surface area contributed by atoms with Crippen LogP contribution in [0.5, 0.6) is 0 Å². The normalized spacial score (nSPS) is 11.8. The zero-order valence-corrected chi connectivity index (χ0v) is 10.1. The van der Waals surface area contributed by atoms with Crippen molar-refractivity contribution < 1.29 is 0 Å². The maximum absolute atomic E-state index is 2.34. The highest BCUT2D eigenvalue weighted by Crippen LogP contribution is 2.22. The van der Waals surface area contributed by atoms with E-state index in [9.17, 15) is 0 Å². The maximum atomic E-state index is 2.34. The standard InChI is InChI=1S/C10H11IS/c1-8-3-5-9(6-4-8)7-10(11)12-2/h3-7H,1-2H3. The molecular weight excluding hydrogens is 279 g/mol. The summed E-state index contributed by atoms with van der Waals surface area (Å²) in [5.41, 5.74) is 2.59. The fourth-order valence-corrected chi connectivity index (χ4v) is 1.47. The van der Waals surface area contributed by atoms with Crippen molar-refractivity contribution in [1.82, 2.24) is 0 Å². The average Bonchev–Trinajstić information content (AvgIpc) is 2.09. The minimum atomic E-state index is 1.28. The minimum Gasteiger partial charge on any atom is -0.123 e. The van der Waals surface area contributed by atoms with Crippen LogP contribution in [0.4, 0.5) is 0 Å². The molecule has 0 fully saturated rings. The molecule has 64 valence electrons. The van der Waals surface area contributed by atoms with Crippen LogP contribution < -0.4 is 0 Å². The van der Waals surface area contributed by atoms with E-state index in [1.807, 2.05) is 0 Å². The Morgan fingerprint density at radius 3 is 2.42 bits per heavy atom. The number of hydrogen-bond donors (Lipinski definition) is 0. The highest BCUT2D eigenvalue weighted by molar-refractivity contribution is 14.1. The molecule has 0 saturated heterocycles. The van der Waals surface area contributed by atoms with Crippen molar-refractivity contribution in [1.29, 1.82) is 0 Å². The number of rotatable bonds is 2. The first-order valence-electron chi connectivity index (χ1n) is 3.70. The van der Waals surface area contributed by atoms with Crippen LogP contribution in [0.3, 0.4) is 0 Å². The second kappa shape index (κ2) is 4.92. The molecule has 0 aliphatic heterocycles. The largest absolute Gasteiger partial charge is 0.123 e. The van der Waals surface area contributed by atoms with E-state index in [2.05, 4.69) is 66.1 Å². The molecular formula is C10H11IS. The fraction of sp³-hybridized carbons (Fsp3) is 0.200. The van der Waals surface area contributed by atoms with E-state index >= 15 is 0 Å². The van der Waals surface area contributed by atoms with E-state index in [-0.39, 0.29) is 0 Å². The summed E-state index contributed by atoms with van der Waals surface area (Å²) >= 11 is 4.11. The van der Waals surface area contributed by atoms with Gasteiger partial charge in [0.15, 0.2) is 0 Å². The van der Waals surface area contributed by atoms with Gasteiger partial charge in [-0.25, -0.2) is 0 Å². The van der Waals surface area contributed by atoms with Crippen LogP contribution >= 0.6 is 34.4 Å². The molecule has 0 saturated carbocycles. The smallest absolute Gasteiger partial charge is 0.0460 e. The Kier molecular flexibility index (Phi) is 4.15. The Balaban J connectivity index is 2.84. The summed E-state index contributed by atoms with van der Waals surface area (Å²) in [6, 6.07) is 8.56. The van der Waals surface area contributed by atoms with Gasteiger partial charge in [0.2, 0.25) is 0 Å². The summed E-state index contributed by atoms with van der Waals surface area (Å²) in [7, 11) is 0. The van der Waals surface area contributed by atoms with E-state index in [4.69, 9.17) is 0 Å². The topological polar surface area (TPSA) is 0 Å². The third-order valence-electron chi connectivity index (χ3n) is 1.55. The Bertz CT molecular complexity index is 274. The van der Waals surface area contributed by atoms with Gasteiger partial charge in [0.05, 0.1) is 0 Å². The Hall–Kier alpha value is 0.0400. The van der Waals surface area contributed by atoms with E-state index in [0.717, 1.165) is 0 Å². The Morgan fingerprint density at radius 1 is 1.33 bits per heavy atom. The second-order valence-electron chi connectivity index (χ2n) is 2.56. The highest BCUT2D eigenvalue weighted by atomic mass is 127. The van der Waals surface area contributed by atoms with Crippen molar-refractivity contribution in [3.63, 3.8) is 0 Å². The van der Waals surface area contributed by atoms with Crippen molar-refractivity contribution >= 4 is 40.4 Å². The molecule has 0 radical (unpaired) electrons. The van der Waals surface area contributed by atoms with Crippen LogP contribution in [0.25, 0.3) is 6.08 Å². The zero-order chi connectivity index (χ0) is 8.97. The first-order chi connectivity index (χ1) is 5.72. The molecule has 0 bridgehead atoms. The summed E-state index contributed by atoms with van der Waals surface area (Å²) in [5.74, 6) is 0. The van der Waals surface area contributed by atoms with Gasteiger partial charge in [-0.3, -0.25) is 0 Å². The Morgan fingerprint density at radius 2 is 1.92 bits per heavy atom. The first-order valence-corrected chi connectivity index (χ1v) is 6.00. The third-order valence-corrected chi connectivity index (χ3v) is 3.69. The molecule has 0 heterocycles. The van der Waals surface area contributed by atoms with Crippen molar-refractivity contribution in [2.45, 2.75) is 6.92 Å². The van der Waals surface area contributed by atoms with Gasteiger partial charge in [0, 0.05) is 2.91 Å². The summed E-state index contributed by atoms with van der Waals surface area (Å²) in [6.45, 7) is 2.10. The van der Waals surface area contributed by atoms with Crippen LogP contribution in [-0.4, -0.2) is 6.26 Å². The molecule has 0 amide bonds. The van der Waals surface area contributed by atoms with Gasteiger partial charge in [-0.15, -0.1) is 11.8 Å². The van der Waals surface area contributed by atoms with Crippen molar-refractivity contribution in [3.05, 3.63) is 38.3 Å². The highest BCUT2D eigenvalue weighted by Gasteiger charge is 1.89. The number of thioether (sulfide) groups is 1. The molecule has 1 rings (SSSR count). The first kappa shape index (κ1) is 10.1. The molecule has 0 nitrogen and oxygen atoms in total. The maximum Gasteiger partial charge on any atom is 0.0460 e. The summed E-state index contributed by atoms with van der Waals surface area (Å²) < 4.78 is 1.32. The predicted molar refractivity (Wildman–Crippen MR) is 66.7 cm³/mol. The van der Waals surface area contributed by atoms with Crippen molar-refractivity contribution in [2.24, 2.45) is 0 Å². The van der Waals surface area contributed by atoms with Crippen LogP contribution in [-0.2, 0) is 0 Å². The predicted octanol–water partition coefficient (Wildman–Crippen LogP) is 4.09. The molecule has 12 heavy (non-hydrogen) atoms. The van der Waals surface area contributed by atoms with Crippen molar-refractivity contribution in [2.75, 3.05) is 6.26 Å². The number of aryl methyl sites for hydroxylation is 1. The Labute approximate surface area is 91.6 Å². The molecule has 0 aliphatic rings. The van der Waals surface area contributed by atoms with E-state index < -0.39 is 0 Å². The van der Waals surface area contributed by atoms with Crippen LogP contribution in [0.2, 0.25) is 0 Å².